The Bertz CT molecular complexity index is 2600. The fourth-order valence-corrected chi connectivity index (χ4v) is 9.33. The van der Waals surface area contributed by atoms with E-state index >= 15 is 0 Å². The Morgan fingerprint density at radius 2 is 1.04 bits per heavy atom. The summed E-state index contributed by atoms with van der Waals surface area (Å²) in [5.74, 6) is 0.863. The number of imidazole rings is 1. The molecule has 0 radical (unpaired) electrons. The van der Waals surface area contributed by atoms with Crippen LogP contribution in [0.15, 0.2) is 170 Å². The summed E-state index contributed by atoms with van der Waals surface area (Å²) in [6.45, 7) is 0. The third-order valence-electron chi connectivity index (χ3n) is 9.05. The van der Waals surface area contributed by atoms with Gasteiger partial charge in [-0.2, -0.15) is 0 Å². The zero-order chi connectivity index (χ0) is 31.4. The van der Waals surface area contributed by atoms with Crippen LogP contribution in [0.1, 0.15) is 0 Å². The minimum Gasteiger partial charge on any atom is -0.309 e. The van der Waals surface area contributed by atoms with Crippen molar-refractivity contribution in [2.24, 2.45) is 0 Å². The van der Waals surface area contributed by atoms with Crippen LogP contribution in [-0.2, 0) is 4.57 Å². The van der Waals surface area contributed by atoms with Crippen LogP contribution in [0.5, 0.6) is 0 Å². The van der Waals surface area contributed by atoms with E-state index in [0.29, 0.717) is 0 Å². The second-order valence-electron chi connectivity index (χ2n) is 11.8. The molecule has 0 spiro atoms. The van der Waals surface area contributed by atoms with E-state index in [-0.39, 0.29) is 0 Å². The van der Waals surface area contributed by atoms with Crippen LogP contribution in [0, 0.1) is 0 Å². The molecule has 0 atom stereocenters. The highest BCUT2D eigenvalue weighted by Crippen LogP contribution is 2.42. The van der Waals surface area contributed by atoms with Gasteiger partial charge in [-0.15, -0.1) is 0 Å². The van der Waals surface area contributed by atoms with Gasteiger partial charge in [0, 0.05) is 26.9 Å². The molecule has 47 heavy (non-hydrogen) atoms. The van der Waals surface area contributed by atoms with E-state index in [4.69, 9.17) is 9.97 Å². The fourth-order valence-electron chi connectivity index (χ4n) is 6.69. The van der Waals surface area contributed by atoms with Crippen molar-refractivity contribution in [1.82, 2.24) is 14.4 Å². The highest BCUT2D eigenvalue weighted by molar-refractivity contribution is 7.85. The first kappa shape index (κ1) is 27.5. The molecule has 0 unspecified atom stereocenters. The first-order chi connectivity index (χ1) is 23.2. The molecule has 0 N–H and O–H groups in total. The van der Waals surface area contributed by atoms with Gasteiger partial charge in [-0.3, -0.25) is 4.40 Å². The number of nitrogens with zero attached hydrogens (tertiary/aromatic N) is 3. The number of benzene rings is 7. The van der Waals surface area contributed by atoms with Gasteiger partial charge in [0.2, 0.25) is 0 Å². The monoisotopic (exact) mass is 621 g/mol. The molecular weight excluding hydrogens is 593 g/mol. The lowest BCUT2D eigenvalue weighted by molar-refractivity contribution is 0.592. The van der Waals surface area contributed by atoms with Gasteiger partial charge >= 0.3 is 0 Å². The molecule has 222 valence electrons. The van der Waals surface area contributed by atoms with Crippen molar-refractivity contribution in [1.29, 1.82) is 0 Å². The van der Waals surface area contributed by atoms with Crippen molar-refractivity contribution in [3.8, 4) is 22.5 Å². The number of fused-ring (bicyclic) bond motifs is 6. The molecule has 0 saturated carbocycles. The first-order valence-electron chi connectivity index (χ1n) is 15.7. The fraction of sp³-hybridized carbons (Fsp3) is 0. The molecular formula is C42H28N3OP. The maximum Gasteiger partial charge on any atom is 0.171 e. The molecule has 0 bridgehead atoms. The van der Waals surface area contributed by atoms with Crippen molar-refractivity contribution in [3.63, 3.8) is 0 Å². The standard InChI is InChI=1S/C42H28N3OP/c46-47(34-13-3-1-4-14-34,35-15-5-2-6-16-35)36-24-21-30(22-25-36)32-23-26-38-37(28-32)42-44-39-17-9-10-18-40(39)45(42)41(43-38)33-20-19-29-11-7-8-12-31(29)27-33/h1-28H. The zero-order valence-corrected chi connectivity index (χ0v) is 26.3. The highest BCUT2D eigenvalue weighted by atomic mass is 31.2. The van der Waals surface area contributed by atoms with Crippen LogP contribution in [-0.4, -0.2) is 14.4 Å². The smallest absolute Gasteiger partial charge is 0.171 e. The van der Waals surface area contributed by atoms with E-state index in [1.54, 1.807) is 0 Å². The molecule has 0 fully saturated rings. The van der Waals surface area contributed by atoms with Crippen molar-refractivity contribution in [3.05, 3.63) is 170 Å². The summed E-state index contributed by atoms with van der Waals surface area (Å²) in [5, 5.41) is 5.81. The Labute approximate surface area is 272 Å². The highest BCUT2D eigenvalue weighted by Gasteiger charge is 2.29. The van der Waals surface area contributed by atoms with E-state index in [1.165, 1.54) is 10.8 Å². The number of rotatable bonds is 5. The van der Waals surface area contributed by atoms with E-state index in [0.717, 1.165) is 66.0 Å². The van der Waals surface area contributed by atoms with Crippen molar-refractivity contribution in [2.45, 2.75) is 0 Å². The lowest BCUT2D eigenvalue weighted by atomic mass is 10.0. The Morgan fingerprint density at radius 1 is 0.447 bits per heavy atom. The third kappa shape index (κ3) is 4.49. The first-order valence-corrected chi connectivity index (χ1v) is 17.4. The lowest BCUT2D eigenvalue weighted by Gasteiger charge is -2.20. The molecule has 0 aliphatic rings. The summed E-state index contributed by atoms with van der Waals surface area (Å²) in [4.78, 5) is 10.4. The molecule has 9 aromatic rings. The van der Waals surface area contributed by atoms with Crippen molar-refractivity contribution >= 4 is 61.4 Å². The number of aromatic nitrogens is 3. The average molecular weight is 622 g/mol. The minimum atomic E-state index is -3.05. The molecule has 2 heterocycles. The van der Waals surface area contributed by atoms with Crippen LogP contribution in [0.3, 0.4) is 0 Å². The van der Waals surface area contributed by atoms with Gasteiger partial charge in [0.05, 0.1) is 16.6 Å². The lowest BCUT2D eigenvalue weighted by Crippen LogP contribution is -2.24. The van der Waals surface area contributed by atoms with Gasteiger partial charge in [0.1, 0.15) is 11.5 Å². The summed E-state index contributed by atoms with van der Waals surface area (Å²) < 4.78 is 17.1. The molecule has 9 rings (SSSR count). The van der Waals surface area contributed by atoms with Gasteiger partial charge in [-0.05, 0) is 52.2 Å². The van der Waals surface area contributed by atoms with Gasteiger partial charge in [0.25, 0.3) is 0 Å². The van der Waals surface area contributed by atoms with Crippen LogP contribution >= 0.6 is 7.14 Å². The molecule has 0 saturated heterocycles. The summed E-state index contributed by atoms with van der Waals surface area (Å²) >= 11 is 0. The van der Waals surface area contributed by atoms with Crippen LogP contribution in [0.2, 0.25) is 0 Å². The van der Waals surface area contributed by atoms with Crippen LogP contribution < -0.4 is 15.9 Å². The maximum atomic E-state index is 14.9. The molecule has 5 heteroatoms. The second-order valence-corrected chi connectivity index (χ2v) is 14.6. The predicted molar refractivity (Wildman–Crippen MR) is 196 cm³/mol. The molecule has 0 aliphatic heterocycles. The minimum absolute atomic E-state index is 0.808. The Balaban J connectivity index is 1.20. The zero-order valence-electron chi connectivity index (χ0n) is 25.4. The Kier molecular flexibility index (Phi) is 6.38. The third-order valence-corrected chi connectivity index (χ3v) is 12.1. The van der Waals surface area contributed by atoms with Crippen LogP contribution in [0.25, 0.3) is 60.9 Å². The Hall–Kier alpha value is -5.83. The summed E-state index contributed by atoms with van der Waals surface area (Å²) in [7, 11) is -3.05. The van der Waals surface area contributed by atoms with Crippen molar-refractivity contribution < 1.29 is 4.57 Å². The molecule has 4 nitrogen and oxygen atoms in total. The molecule has 2 aromatic heterocycles. The van der Waals surface area contributed by atoms with Gasteiger partial charge in [0.15, 0.2) is 7.14 Å². The normalized spacial score (nSPS) is 11.9. The predicted octanol–water partition coefficient (Wildman–Crippen LogP) is 9.16. The maximum absolute atomic E-state index is 14.9. The average Bonchev–Trinajstić information content (AvgIpc) is 3.55. The quantitative estimate of drug-likeness (QED) is 0.180. The largest absolute Gasteiger partial charge is 0.309 e. The van der Waals surface area contributed by atoms with E-state index in [1.807, 2.05) is 84.9 Å². The van der Waals surface area contributed by atoms with Gasteiger partial charge < -0.3 is 4.57 Å². The summed E-state index contributed by atoms with van der Waals surface area (Å²) in [5.41, 5.74) is 6.83. The van der Waals surface area contributed by atoms with Crippen LogP contribution in [0.4, 0.5) is 0 Å². The summed E-state index contributed by atoms with van der Waals surface area (Å²) in [6, 6.07) is 57.3. The SMILES string of the molecule is O=P(c1ccccc1)(c1ccccc1)c1ccc(-c2ccc3nc(-c4ccc5ccccc5c4)n4c5ccccc5nc4c3c2)cc1. The molecule has 0 amide bonds. The van der Waals surface area contributed by atoms with Gasteiger partial charge in [-0.25, -0.2) is 9.97 Å². The van der Waals surface area contributed by atoms with Gasteiger partial charge in [-0.1, -0.05) is 140 Å². The topological polar surface area (TPSA) is 47.3 Å². The second kappa shape index (κ2) is 10.9. The number of hydrogen-bond donors (Lipinski definition) is 0. The van der Waals surface area contributed by atoms with E-state index < -0.39 is 7.14 Å². The van der Waals surface area contributed by atoms with E-state index in [2.05, 4.69) is 89.3 Å². The molecule has 7 aromatic carbocycles. The number of hydrogen-bond acceptors (Lipinski definition) is 3. The summed E-state index contributed by atoms with van der Waals surface area (Å²) in [6.07, 6.45) is 0. The molecule has 0 aliphatic carbocycles. The number of para-hydroxylation sites is 2. The van der Waals surface area contributed by atoms with E-state index in [9.17, 15) is 4.57 Å². The van der Waals surface area contributed by atoms with Crippen molar-refractivity contribution in [2.75, 3.05) is 0 Å². The Morgan fingerprint density at radius 3 is 1.79 bits per heavy atom.